The Bertz CT molecular complexity index is 945. The van der Waals surface area contributed by atoms with Crippen molar-refractivity contribution >= 4 is 23.7 Å². The zero-order valence-electron chi connectivity index (χ0n) is 15.4. The Morgan fingerprint density at radius 1 is 1.17 bits per heavy atom. The maximum atomic E-state index is 13.5. The number of rotatable bonds is 7. The van der Waals surface area contributed by atoms with Crippen LogP contribution in [-0.4, -0.2) is 23.7 Å². The predicted molar refractivity (Wildman–Crippen MR) is 104 cm³/mol. The first-order valence-corrected chi connectivity index (χ1v) is 9.30. The highest BCUT2D eigenvalue weighted by Gasteiger charge is 2.30. The minimum absolute atomic E-state index is 0.163. The number of carbonyl (C=O) groups is 1. The van der Waals surface area contributed by atoms with Crippen LogP contribution in [0, 0.1) is 17.5 Å². The lowest BCUT2D eigenvalue weighted by atomic mass is 10.0. The second-order valence-corrected chi connectivity index (χ2v) is 6.94. The minimum Gasteiger partial charge on any atom is -0.492 e. The van der Waals surface area contributed by atoms with Crippen molar-refractivity contribution in [1.29, 1.82) is 0 Å². The van der Waals surface area contributed by atoms with Crippen LogP contribution in [0.5, 0.6) is 5.75 Å². The molecular formula is C21H18ClF3N2O2. The molecule has 0 aliphatic carbocycles. The third kappa shape index (κ3) is 5.17. The van der Waals surface area contributed by atoms with Crippen LogP contribution in [-0.2, 0) is 4.79 Å². The van der Waals surface area contributed by atoms with E-state index in [1.165, 1.54) is 35.5 Å². The van der Waals surface area contributed by atoms with Gasteiger partial charge in [-0.05, 0) is 48.7 Å². The Hall–Kier alpha value is -2.80. The molecule has 1 aliphatic heterocycles. The lowest BCUT2D eigenvalue weighted by Gasteiger charge is -2.23. The molecule has 8 heteroatoms. The van der Waals surface area contributed by atoms with Gasteiger partial charge in [0.05, 0.1) is 17.7 Å². The van der Waals surface area contributed by atoms with Crippen LogP contribution in [0.2, 0.25) is 5.02 Å². The van der Waals surface area contributed by atoms with Crippen molar-refractivity contribution in [2.24, 2.45) is 5.10 Å². The maximum absolute atomic E-state index is 13.5. The number of carbonyl (C=O) groups excluding carboxylic acids is 1. The molecule has 29 heavy (non-hydrogen) atoms. The summed E-state index contributed by atoms with van der Waals surface area (Å²) in [6, 6.07) is 6.39. The van der Waals surface area contributed by atoms with Gasteiger partial charge in [-0.25, -0.2) is 18.2 Å². The summed E-state index contributed by atoms with van der Waals surface area (Å²) < 4.78 is 45.6. The maximum Gasteiger partial charge on any atom is 0.269 e. The van der Waals surface area contributed by atoms with Crippen LogP contribution < -0.4 is 4.74 Å². The van der Waals surface area contributed by atoms with E-state index in [9.17, 15) is 18.0 Å². The molecule has 0 saturated heterocycles. The number of hydrazone groups is 1. The summed E-state index contributed by atoms with van der Waals surface area (Å²) in [5.74, 6) is -1.96. The fourth-order valence-electron chi connectivity index (χ4n) is 2.98. The molecule has 1 atom stereocenters. The van der Waals surface area contributed by atoms with E-state index in [1.807, 2.05) is 0 Å². The molecule has 1 aliphatic rings. The standard InChI is InChI=1S/C21H18ClF3N2O2/c1-13(3-2-8-29-20-5-4-15(23)12-18(20)22)21(28)27-19(6-7-26-27)14-9-16(24)11-17(25)10-14/h4-5,7,9-12,19H,1-3,6,8H2. The van der Waals surface area contributed by atoms with Crippen molar-refractivity contribution in [2.75, 3.05) is 6.61 Å². The van der Waals surface area contributed by atoms with Gasteiger partial charge in [-0.1, -0.05) is 18.2 Å². The number of hydrogen-bond donors (Lipinski definition) is 0. The molecular weight excluding hydrogens is 405 g/mol. The first-order chi connectivity index (χ1) is 13.8. The van der Waals surface area contributed by atoms with Crippen molar-refractivity contribution in [3.05, 3.63) is 76.6 Å². The fourth-order valence-corrected chi connectivity index (χ4v) is 3.20. The van der Waals surface area contributed by atoms with E-state index in [4.69, 9.17) is 16.3 Å². The Morgan fingerprint density at radius 2 is 1.90 bits per heavy atom. The van der Waals surface area contributed by atoms with Gasteiger partial charge in [-0.15, -0.1) is 0 Å². The molecule has 152 valence electrons. The molecule has 2 aromatic carbocycles. The van der Waals surface area contributed by atoms with Crippen LogP contribution in [0.25, 0.3) is 0 Å². The highest BCUT2D eigenvalue weighted by molar-refractivity contribution is 6.32. The largest absolute Gasteiger partial charge is 0.492 e. The lowest BCUT2D eigenvalue weighted by Crippen LogP contribution is -2.28. The molecule has 0 radical (unpaired) electrons. The van der Waals surface area contributed by atoms with Crippen molar-refractivity contribution in [3.63, 3.8) is 0 Å². The molecule has 0 spiro atoms. The van der Waals surface area contributed by atoms with Crippen LogP contribution in [0.4, 0.5) is 13.2 Å². The van der Waals surface area contributed by atoms with Gasteiger partial charge in [0.2, 0.25) is 0 Å². The Kier molecular flexibility index (Phi) is 6.59. The monoisotopic (exact) mass is 422 g/mol. The van der Waals surface area contributed by atoms with Gasteiger partial charge in [0.1, 0.15) is 23.2 Å². The van der Waals surface area contributed by atoms with Gasteiger partial charge in [0.25, 0.3) is 5.91 Å². The van der Waals surface area contributed by atoms with Crippen molar-refractivity contribution in [1.82, 2.24) is 5.01 Å². The topological polar surface area (TPSA) is 41.9 Å². The molecule has 0 N–H and O–H groups in total. The average Bonchev–Trinajstić information content (AvgIpc) is 3.15. The summed E-state index contributed by atoms with van der Waals surface area (Å²) in [6.07, 6.45) is 2.68. The number of amides is 1. The van der Waals surface area contributed by atoms with Gasteiger partial charge in [0, 0.05) is 24.3 Å². The van der Waals surface area contributed by atoms with Crippen LogP contribution >= 0.6 is 11.6 Å². The highest BCUT2D eigenvalue weighted by atomic mass is 35.5. The summed E-state index contributed by atoms with van der Waals surface area (Å²) >= 11 is 5.89. The SMILES string of the molecule is C=C(CCCOc1ccc(F)cc1Cl)C(=O)N1N=CCC1c1cc(F)cc(F)c1. The van der Waals surface area contributed by atoms with E-state index in [0.717, 1.165) is 12.1 Å². The normalized spacial score (nSPS) is 15.6. The summed E-state index contributed by atoms with van der Waals surface area (Å²) in [7, 11) is 0. The first kappa shape index (κ1) is 20.9. The quantitative estimate of drug-likeness (QED) is 0.441. The van der Waals surface area contributed by atoms with Crippen LogP contribution in [0.15, 0.2) is 53.7 Å². The molecule has 2 aromatic rings. The van der Waals surface area contributed by atoms with Gasteiger partial charge in [-0.2, -0.15) is 5.10 Å². The first-order valence-electron chi connectivity index (χ1n) is 8.93. The number of benzene rings is 2. The average molecular weight is 423 g/mol. The zero-order valence-corrected chi connectivity index (χ0v) is 16.1. The van der Waals surface area contributed by atoms with Gasteiger partial charge < -0.3 is 4.74 Å². The smallest absolute Gasteiger partial charge is 0.269 e. The van der Waals surface area contributed by atoms with E-state index in [2.05, 4.69) is 11.7 Å². The number of hydrogen-bond acceptors (Lipinski definition) is 3. The highest BCUT2D eigenvalue weighted by Crippen LogP contribution is 2.31. The van der Waals surface area contributed by atoms with E-state index in [0.29, 0.717) is 36.1 Å². The number of halogens is 4. The molecule has 0 aromatic heterocycles. The number of nitrogens with zero attached hydrogens (tertiary/aromatic N) is 2. The fraction of sp³-hybridized carbons (Fsp3) is 0.238. The van der Waals surface area contributed by atoms with E-state index < -0.39 is 29.4 Å². The molecule has 4 nitrogen and oxygen atoms in total. The molecule has 1 heterocycles. The van der Waals surface area contributed by atoms with Crippen LogP contribution in [0.3, 0.4) is 0 Å². The summed E-state index contributed by atoms with van der Waals surface area (Å²) in [5.41, 5.74) is 0.621. The lowest BCUT2D eigenvalue weighted by molar-refractivity contribution is -0.129. The molecule has 0 bridgehead atoms. The Balaban J connectivity index is 1.55. The minimum atomic E-state index is -0.713. The van der Waals surface area contributed by atoms with Crippen molar-refractivity contribution in [3.8, 4) is 5.75 Å². The second-order valence-electron chi connectivity index (χ2n) is 6.53. The van der Waals surface area contributed by atoms with E-state index in [-0.39, 0.29) is 11.6 Å². The Morgan fingerprint density at radius 3 is 2.59 bits per heavy atom. The third-order valence-electron chi connectivity index (χ3n) is 4.38. The van der Waals surface area contributed by atoms with Crippen molar-refractivity contribution in [2.45, 2.75) is 25.3 Å². The summed E-state index contributed by atoms with van der Waals surface area (Å²) in [5, 5.41) is 5.39. The summed E-state index contributed by atoms with van der Waals surface area (Å²) in [4.78, 5) is 12.7. The predicted octanol–water partition coefficient (Wildman–Crippen LogP) is 5.43. The second kappa shape index (κ2) is 9.13. The molecule has 0 saturated carbocycles. The Labute approximate surface area is 171 Å². The van der Waals surface area contributed by atoms with E-state index in [1.54, 1.807) is 0 Å². The van der Waals surface area contributed by atoms with Gasteiger partial charge in [0.15, 0.2) is 0 Å². The van der Waals surface area contributed by atoms with Crippen molar-refractivity contribution < 1.29 is 22.7 Å². The molecule has 1 amide bonds. The third-order valence-corrected chi connectivity index (χ3v) is 4.68. The van der Waals surface area contributed by atoms with E-state index >= 15 is 0 Å². The number of ether oxygens (including phenoxy) is 1. The molecule has 0 fully saturated rings. The zero-order chi connectivity index (χ0) is 21.0. The van der Waals surface area contributed by atoms with Crippen LogP contribution in [0.1, 0.15) is 30.9 Å². The van der Waals surface area contributed by atoms with Gasteiger partial charge in [-0.3, -0.25) is 4.79 Å². The summed E-state index contributed by atoms with van der Waals surface area (Å²) in [6.45, 7) is 4.04. The molecule has 3 rings (SSSR count). The van der Waals surface area contributed by atoms with Gasteiger partial charge >= 0.3 is 0 Å². The molecule has 1 unspecified atom stereocenters.